The second kappa shape index (κ2) is 14.3. The molecule has 0 radical (unpaired) electrons. The van der Waals surface area contributed by atoms with Gasteiger partial charge in [0.15, 0.2) is 11.6 Å². The van der Waals surface area contributed by atoms with E-state index in [4.69, 9.17) is 15.0 Å². The third kappa shape index (κ3) is 6.17. The summed E-state index contributed by atoms with van der Waals surface area (Å²) < 4.78 is 2.21. The van der Waals surface area contributed by atoms with E-state index in [0.29, 0.717) is 17.6 Å². The highest BCUT2D eigenvalue weighted by molar-refractivity contribution is 6.11. The summed E-state index contributed by atoms with van der Waals surface area (Å²) in [5.41, 5.74) is 11.6. The van der Waals surface area contributed by atoms with Crippen LogP contribution in [0.15, 0.2) is 212 Å². The monoisotopic (exact) mass is 717 g/mol. The van der Waals surface area contributed by atoms with Crippen LogP contribution in [0.25, 0.3) is 72.8 Å². The van der Waals surface area contributed by atoms with Crippen LogP contribution in [0.5, 0.6) is 0 Å². The highest BCUT2D eigenvalue weighted by Gasteiger charge is 2.21. The number of hydrogen-bond donors (Lipinski definition) is 0. The standard InChI is InChI=1S/C51H35N5/c1-6-17-36(18-7-1)40-25-16-28-43(33-40)55(42-26-14-5-15-27-42)44-30-32-46-45-31-29-41(37-19-8-2-9-20-37)34-47(45)56(48(46)35-44)51-53-49(38-21-10-3-11-22-38)52-50(54-51)39-23-12-4-13-24-39/h1-35H. The first-order chi connectivity index (χ1) is 27.8. The number of anilines is 3. The summed E-state index contributed by atoms with van der Waals surface area (Å²) in [6.45, 7) is 0. The van der Waals surface area contributed by atoms with Gasteiger partial charge in [-0.05, 0) is 64.7 Å². The molecule has 0 saturated carbocycles. The van der Waals surface area contributed by atoms with E-state index in [1.807, 2.05) is 60.7 Å². The fourth-order valence-electron chi connectivity index (χ4n) is 7.55. The maximum absolute atomic E-state index is 5.24. The highest BCUT2D eigenvalue weighted by Crippen LogP contribution is 2.41. The van der Waals surface area contributed by atoms with Gasteiger partial charge in [-0.3, -0.25) is 4.57 Å². The van der Waals surface area contributed by atoms with Crippen molar-refractivity contribution in [2.24, 2.45) is 0 Å². The van der Waals surface area contributed by atoms with Crippen molar-refractivity contribution in [3.05, 3.63) is 212 Å². The average molecular weight is 718 g/mol. The van der Waals surface area contributed by atoms with Gasteiger partial charge >= 0.3 is 0 Å². The number of rotatable bonds is 8. The molecular formula is C51H35N5. The summed E-state index contributed by atoms with van der Waals surface area (Å²) >= 11 is 0. The molecule has 0 unspecified atom stereocenters. The molecule has 5 nitrogen and oxygen atoms in total. The number of para-hydroxylation sites is 1. The molecule has 10 aromatic rings. The Balaban J connectivity index is 1.25. The number of nitrogens with zero attached hydrogens (tertiary/aromatic N) is 5. The summed E-state index contributed by atoms with van der Waals surface area (Å²) in [5.74, 6) is 1.78. The smallest absolute Gasteiger partial charge is 0.238 e. The van der Waals surface area contributed by atoms with Crippen LogP contribution < -0.4 is 4.90 Å². The molecule has 2 aromatic heterocycles. The summed E-state index contributed by atoms with van der Waals surface area (Å²) in [5, 5.41) is 2.23. The molecule has 5 heteroatoms. The van der Waals surface area contributed by atoms with Gasteiger partial charge in [-0.25, -0.2) is 4.98 Å². The van der Waals surface area contributed by atoms with Crippen LogP contribution in [-0.4, -0.2) is 19.5 Å². The zero-order valence-electron chi connectivity index (χ0n) is 30.4. The molecule has 0 N–H and O–H groups in total. The van der Waals surface area contributed by atoms with Crippen LogP contribution in [0.2, 0.25) is 0 Å². The van der Waals surface area contributed by atoms with Gasteiger partial charge in [-0.2, -0.15) is 9.97 Å². The predicted molar refractivity (Wildman–Crippen MR) is 231 cm³/mol. The van der Waals surface area contributed by atoms with Gasteiger partial charge in [0.05, 0.1) is 11.0 Å². The van der Waals surface area contributed by atoms with E-state index in [0.717, 1.165) is 66.7 Å². The van der Waals surface area contributed by atoms with E-state index in [2.05, 4.69) is 161 Å². The molecule has 0 spiro atoms. The van der Waals surface area contributed by atoms with Gasteiger partial charge in [-0.15, -0.1) is 0 Å². The van der Waals surface area contributed by atoms with Crippen LogP contribution in [0.4, 0.5) is 17.1 Å². The van der Waals surface area contributed by atoms with E-state index in [9.17, 15) is 0 Å². The normalized spacial score (nSPS) is 11.2. The van der Waals surface area contributed by atoms with E-state index >= 15 is 0 Å². The zero-order chi connectivity index (χ0) is 37.3. The molecule has 2 heterocycles. The Hall–Kier alpha value is -7.63. The Kier molecular flexibility index (Phi) is 8.43. The van der Waals surface area contributed by atoms with Gasteiger partial charge in [-0.1, -0.05) is 170 Å². The lowest BCUT2D eigenvalue weighted by atomic mass is 10.0. The molecule has 0 fully saturated rings. The molecule has 10 rings (SSSR count). The Labute approximate surface area is 325 Å². The molecule has 0 aliphatic carbocycles. The van der Waals surface area contributed by atoms with Crippen molar-refractivity contribution in [3.63, 3.8) is 0 Å². The number of benzene rings is 8. The van der Waals surface area contributed by atoms with Crippen LogP contribution >= 0.6 is 0 Å². The van der Waals surface area contributed by atoms with Crippen molar-refractivity contribution in [1.29, 1.82) is 0 Å². The minimum Gasteiger partial charge on any atom is -0.310 e. The molecular weight excluding hydrogens is 683 g/mol. The minimum absolute atomic E-state index is 0.553. The van der Waals surface area contributed by atoms with Gasteiger partial charge in [0, 0.05) is 39.0 Å². The summed E-state index contributed by atoms with van der Waals surface area (Å²) in [6.07, 6.45) is 0. The van der Waals surface area contributed by atoms with Crippen LogP contribution in [0.1, 0.15) is 0 Å². The molecule has 8 aromatic carbocycles. The lowest BCUT2D eigenvalue weighted by molar-refractivity contribution is 0.953. The van der Waals surface area contributed by atoms with E-state index in [-0.39, 0.29) is 0 Å². The quantitative estimate of drug-likeness (QED) is 0.157. The molecule has 0 aliphatic heterocycles. The van der Waals surface area contributed by atoms with Crippen LogP contribution in [-0.2, 0) is 0 Å². The Morgan fingerprint density at radius 3 is 1.30 bits per heavy atom. The van der Waals surface area contributed by atoms with Gasteiger partial charge < -0.3 is 4.90 Å². The van der Waals surface area contributed by atoms with Crippen molar-refractivity contribution in [3.8, 4) is 51.0 Å². The lowest BCUT2D eigenvalue weighted by Gasteiger charge is -2.26. The summed E-state index contributed by atoms with van der Waals surface area (Å²) in [4.78, 5) is 17.8. The van der Waals surface area contributed by atoms with E-state index in [1.54, 1.807) is 0 Å². The second-order valence-corrected chi connectivity index (χ2v) is 13.7. The van der Waals surface area contributed by atoms with Crippen LogP contribution in [0, 0.1) is 0 Å². The molecule has 56 heavy (non-hydrogen) atoms. The van der Waals surface area contributed by atoms with Gasteiger partial charge in [0.2, 0.25) is 5.95 Å². The molecule has 0 atom stereocenters. The first kappa shape index (κ1) is 33.0. The third-order valence-electron chi connectivity index (χ3n) is 10.2. The van der Waals surface area contributed by atoms with Crippen LogP contribution in [0.3, 0.4) is 0 Å². The topological polar surface area (TPSA) is 46.8 Å². The third-order valence-corrected chi connectivity index (χ3v) is 10.2. The minimum atomic E-state index is 0.553. The largest absolute Gasteiger partial charge is 0.310 e. The van der Waals surface area contributed by atoms with Crippen molar-refractivity contribution < 1.29 is 0 Å². The molecule has 0 aliphatic rings. The predicted octanol–water partition coefficient (Wildman–Crippen LogP) is 13.1. The number of aromatic nitrogens is 4. The zero-order valence-corrected chi connectivity index (χ0v) is 30.4. The summed E-state index contributed by atoms with van der Waals surface area (Å²) in [7, 11) is 0. The highest BCUT2D eigenvalue weighted by atomic mass is 15.2. The average Bonchev–Trinajstić information content (AvgIpc) is 3.61. The van der Waals surface area contributed by atoms with E-state index in [1.165, 1.54) is 5.56 Å². The van der Waals surface area contributed by atoms with Gasteiger partial charge in [0.25, 0.3) is 0 Å². The fraction of sp³-hybridized carbons (Fsp3) is 0. The van der Waals surface area contributed by atoms with Crippen molar-refractivity contribution in [2.75, 3.05) is 4.90 Å². The Morgan fingerprint density at radius 2 is 0.732 bits per heavy atom. The van der Waals surface area contributed by atoms with E-state index < -0.39 is 0 Å². The second-order valence-electron chi connectivity index (χ2n) is 13.7. The lowest BCUT2D eigenvalue weighted by Crippen LogP contribution is -2.10. The Morgan fingerprint density at radius 1 is 0.304 bits per heavy atom. The van der Waals surface area contributed by atoms with Gasteiger partial charge in [0.1, 0.15) is 0 Å². The van der Waals surface area contributed by atoms with Crippen molar-refractivity contribution in [1.82, 2.24) is 19.5 Å². The first-order valence-electron chi connectivity index (χ1n) is 18.8. The summed E-state index contributed by atoms with van der Waals surface area (Å²) in [6, 6.07) is 74.1. The fourth-order valence-corrected chi connectivity index (χ4v) is 7.55. The SMILES string of the molecule is c1ccc(-c2cccc(N(c3ccccc3)c3ccc4c5ccc(-c6ccccc6)cc5n(-c5nc(-c6ccccc6)nc(-c6ccccc6)n5)c4c3)c2)cc1. The molecule has 264 valence electrons. The molecule has 0 amide bonds. The van der Waals surface area contributed by atoms with Crippen molar-refractivity contribution in [2.45, 2.75) is 0 Å². The number of fused-ring (bicyclic) bond motifs is 3. The maximum atomic E-state index is 5.24. The number of hydrogen-bond acceptors (Lipinski definition) is 4. The Bertz CT molecular complexity index is 2890. The molecule has 0 bridgehead atoms. The molecule has 0 saturated heterocycles. The maximum Gasteiger partial charge on any atom is 0.238 e. The van der Waals surface area contributed by atoms with Crippen molar-refractivity contribution >= 4 is 38.9 Å². The first-order valence-corrected chi connectivity index (χ1v) is 18.8.